The highest BCUT2D eigenvalue weighted by atomic mass is 32.2. The van der Waals surface area contributed by atoms with Gasteiger partial charge >= 0.3 is 0 Å². The number of rotatable bonds is 6. The van der Waals surface area contributed by atoms with Crippen molar-refractivity contribution in [3.05, 3.63) is 45.9 Å². The molecular formula is C15H21N5O2S2. The smallest absolute Gasteiger partial charge is 0.238 e. The van der Waals surface area contributed by atoms with Gasteiger partial charge in [0.1, 0.15) is 0 Å². The average Bonchev–Trinajstić information content (AvgIpc) is 2.95. The first-order valence-electron chi connectivity index (χ1n) is 7.36. The van der Waals surface area contributed by atoms with Crippen LogP contribution in [-0.2, 0) is 23.0 Å². The number of sulfonamides is 1. The summed E-state index contributed by atoms with van der Waals surface area (Å²) in [5.74, 6) is 0.679. The number of benzene rings is 1. The van der Waals surface area contributed by atoms with Crippen molar-refractivity contribution in [2.45, 2.75) is 24.8 Å². The number of hydrogen-bond donors (Lipinski definition) is 3. The van der Waals surface area contributed by atoms with E-state index in [2.05, 4.69) is 20.6 Å². The summed E-state index contributed by atoms with van der Waals surface area (Å²) in [6.45, 7) is 3.30. The van der Waals surface area contributed by atoms with Gasteiger partial charge in [-0.3, -0.25) is 4.99 Å². The third-order valence-corrected chi connectivity index (χ3v) is 5.14. The molecule has 130 valence electrons. The zero-order chi connectivity index (χ0) is 17.6. The molecule has 0 spiro atoms. The molecule has 0 fully saturated rings. The van der Waals surface area contributed by atoms with E-state index in [1.807, 2.05) is 13.1 Å². The van der Waals surface area contributed by atoms with Crippen molar-refractivity contribution in [2.75, 3.05) is 13.6 Å². The van der Waals surface area contributed by atoms with Gasteiger partial charge in [0.05, 0.1) is 9.90 Å². The summed E-state index contributed by atoms with van der Waals surface area (Å²) in [4.78, 5) is 9.79. The Hall–Kier alpha value is -1.97. The molecule has 1 heterocycles. The van der Waals surface area contributed by atoms with E-state index in [1.54, 1.807) is 30.5 Å². The fourth-order valence-electron chi connectivity index (χ4n) is 2.01. The SMILES string of the molecule is CN=C(NCCc1ncc(C)s1)NCc1ccc(S(N)(=O)=O)cc1. The van der Waals surface area contributed by atoms with Crippen molar-refractivity contribution in [1.82, 2.24) is 15.6 Å². The van der Waals surface area contributed by atoms with Crippen molar-refractivity contribution in [1.29, 1.82) is 0 Å². The first-order valence-corrected chi connectivity index (χ1v) is 9.72. The lowest BCUT2D eigenvalue weighted by atomic mass is 10.2. The van der Waals surface area contributed by atoms with Crippen molar-refractivity contribution in [3.63, 3.8) is 0 Å². The monoisotopic (exact) mass is 367 g/mol. The maximum atomic E-state index is 11.2. The van der Waals surface area contributed by atoms with Crippen LogP contribution in [0.25, 0.3) is 0 Å². The highest BCUT2D eigenvalue weighted by Crippen LogP contribution is 2.11. The highest BCUT2D eigenvalue weighted by Gasteiger charge is 2.07. The van der Waals surface area contributed by atoms with Crippen molar-refractivity contribution in [2.24, 2.45) is 10.1 Å². The number of primary sulfonamides is 1. The molecule has 9 heteroatoms. The van der Waals surface area contributed by atoms with Gasteiger partial charge in [0.25, 0.3) is 0 Å². The number of thiazole rings is 1. The highest BCUT2D eigenvalue weighted by molar-refractivity contribution is 7.89. The molecule has 0 unspecified atom stereocenters. The van der Waals surface area contributed by atoms with Gasteiger partial charge in [-0.2, -0.15) is 0 Å². The van der Waals surface area contributed by atoms with Crippen LogP contribution in [0, 0.1) is 6.92 Å². The van der Waals surface area contributed by atoms with Gasteiger partial charge in [-0.25, -0.2) is 18.5 Å². The van der Waals surface area contributed by atoms with Gasteiger partial charge in [-0.05, 0) is 24.6 Å². The largest absolute Gasteiger partial charge is 0.356 e. The van der Waals surface area contributed by atoms with Gasteiger partial charge in [-0.15, -0.1) is 11.3 Å². The molecule has 0 aliphatic rings. The number of hydrogen-bond acceptors (Lipinski definition) is 5. The molecule has 0 saturated heterocycles. The van der Waals surface area contributed by atoms with E-state index >= 15 is 0 Å². The predicted molar refractivity (Wildman–Crippen MR) is 96.6 cm³/mol. The van der Waals surface area contributed by atoms with E-state index in [-0.39, 0.29) is 4.90 Å². The standard InChI is InChI=1S/C15H21N5O2S2/c1-11-9-19-14(23-11)7-8-18-15(17-2)20-10-12-3-5-13(6-4-12)24(16,21)22/h3-6,9H,7-8,10H2,1-2H3,(H2,16,21,22)(H2,17,18,20). The quantitative estimate of drug-likeness (QED) is 0.521. The van der Waals surface area contributed by atoms with Gasteiger partial charge < -0.3 is 10.6 Å². The topological polar surface area (TPSA) is 109 Å². The van der Waals surface area contributed by atoms with Crippen LogP contribution in [0.4, 0.5) is 0 Å². The Morgan fingerprint density at radius 1 is 1.29 bits per heavy atom. The van der Waals surface area contributed by atoms with E-state index < -0.39 is 10.0 Å². The molecule has 0 bridgehead atoms. The minimum atomic E-state index is -3.65. The van der Waals surface area contributed by atoms with Gasteiger partial charge in [0.15, 0.2) is 5.96 Å². The Balaban J connectivity index is 1.80. The van der Waals surface area contributed by atoms with Crippen LogP contribution in [0.5, 0.6) is 0 Å². The molecule has 1 aromatic heterocycles. The average molecular weight is 368 g/mol. The number of aliphatic imine (C=N–C) groups is 1. The molecule has 7 nitrogen and oxygen atoms in total. The maximum absolute atomic E-state index is 11.2. The zero-order valence-corrected chi connectivity index (χ0v) is 15.2. The summed E-state index contributed by atoms with van der Waals surface area (Å²) < 4.78 is 22.4. The van der Waals surface area contributed by atoms with Crippen LogP contribution < -0.4 is 15.8 Å². The Morgan fingerprint density at radius 2 is 2.00 bits per heavy atom. The summed E-state index contributed by atoms with van der Waals surface area (Å²) in [6.07, 6.45) is 2.71. The Labute approximate surface area is 146 Å². The third-order valence-electron chi connectivity index (χ3n) is 3.24. The number of aromatic nitrogens is 1. The molecule has 0 aliphatic carbocycles. The van der Waals surface area contributed by atoms with Crippen molar-refractivity contribution < 1.29 is 8.42 Å². The van der Waals surface area contributed by atoms with E-state index in [1.165, 1.54) is 17.0 Å². The molecule has 24 heavy (non-hydrogen) atoms. The Bertz CT molecular complexity index is 798. The fraction of sp³-hybridized carbons (Fsp3) is 0.333. The molecule has 2 rings (SSSR count). The molecule has 0 aliphatic heterocycles. The van der Waals surface area contributed by atoms with Crippen LogP contribution in [0.3, 0.4) is 0 Å². The van der Waals surface area contributed by atoms with Gasteiger partial charge in [0.2, 0.25) is 10.0 Å². The molecule has 0 radical (unpaired) electrons. The maximum Gasteiger partial charge on any atom is 0.238 e. The summed E-state index contributed by atoms with van der Waals surface area (Å²) in [5, 5.41) is 12.6. The fourth-order valence-corrected chi connectivity index (χ4v) is 3.31. The van der Waals surface area contributed by atoms with Crippen LogP contribution in [0.15, 0.2) is 40.4 Å². The van der Waals surface area contributed by atoms with E-state index in [0.29, 0.717) is 12.5 Å². The van der Waals surface area contributed by atoms with Gasteiger partial charge in [0, 0.05) is 37.6 Å². The molecule has 0 amide bonds. The normalized spacial score (nSPS) is 12.2. The molecule has 0 saturated carbocycles. The van der Waals surface area contributed by atoms with E-state index in [4.69, 9.17) is 5.14 Å². The Kier molecular flexibility index (Phi) is 6.29. The minimum Gasteiger partial charge on any atom is -0.356 e. The summed E-state index contributed by atoms with van der Waals surface area (Å²) in [5.41, 5.74) is 0.931. The molecule has 1 aromatic carbocycles. The summed E-state index contributed by atoms with van der Waals surface area (Å²) in [7, 11) is -1.95. The van der Waals surface area contributed by atoms with Crippen LogP contribution in [0.1, 0.15) is 15.4 Å². The number of aryl methyl sites for hydroxylation is 1. The molecule has 0 atom stereocenters. The van der Waals surface area contributed by atoms with Crippen LogP contribution in [-0.4, -0.2) is 33.0 Å². The lowest BCUT2D eigenvalue weighted by Gasteiger charge is -2.11. The van der Waals surface area contributed by atoms with Crippen LogP contribution in [0.2, 0.25) is 0 Å². The summed E-state index contributed by atoms with van der Waals surface area (Å²) in [6, 6.07) is 6.43. The Morgan fingerprint density at radius 3 is 2.54 bits per heavy atom. The second-order valence-electron chi connectivity index (χ2n) is 5.16. The predicted octanol–water partition coefficient (Wildman–Crippen LogP) is 1.01. The lowest BCUT2D eigenvalue weighted by Crippen LogP contribution is -2.37. The second kappa shape index (κ2) is 8.22. The summed E-state index contributed by atoms with van der Waals surface area (Å²) >= 11 is 1.69. The first kappa shape index (κ1) is 18.4. The minimum absolute atomic E-state index is 0.104. The molecular weight excluding hydrogens is 346 g/mol. The number of guanidine groups is 1. The third kappa shape index (κ3) is 5.59. The van der Waals surface area contributed by atoms with E-state index in [0.717, 1.165) is 23.5 Å². The first-order chi connectivity index (χ1) is 11.4. The number of nitrogens with two attached hydrogens (primary N) is 1. The molecule has 4 N–H and O–H groups in total. The van der Waals surface area contributed by atoms with Crippen molar-refractivity contribution >= 4 is 27.3 Å². The number of nitrogens with zero attached hydrogens (tertiary/aromatic N) is 2. The second-order valence-corrected chi connectivity index (χ2v) is 8.04. The van der Waals surface area contributed by atoms with Gasteiger partial charge in [-0.1, -0.05) is 12.1 Å². The van der Waals surface area contributed by atoms with Crippen LogP contribution >= 0.6 is 11.3 Å². The number of nitrogens with one attached hydrogen (secondary N) is 2. The van der Waals surface area contributed by atoms with E-state index in [9.17, 15) is 8.42 Å². The zero-order valence-electron chi connectivity index (χ0n) is 13.6. The van der Waals surface area contributed by atoms with Crippen molar-refractivity contribution in [3.8, 4) is 0 Å². The molecule has 2 aromatic rings. The lowest BCUT2D eigenvalue weighted by molar-refractivity contribution is 0.597.